The van der Waals surface area contributed by atoms with E-state index in [1.54, 1.807) is 45.0 Å². The molecule has 3 saturated heterocycles. The van der Waals surface area contributed by atoms with Gasteiger partial charge in [0.25, 0.3) is 5.91 Å². The fourth-order valence-electron chi connectivity index (χ4n) is 10.7. The average molecular weight is 1130 g/mol. The van der Waals surface area contributed by atoms with Crippen LogP contribution >= 0.6 is 0 Å². The number of hydrogen-bond acceptors (Lipinski definition) is 15. The summed E-state index contributed by atoms with van der Waals surface area (Å²) in [6.07, 6.45) is -3.91. The normalized spacial score (nSPS) is 27.5. The van der Waals surface area contributed by atoms with Gasteiger partial charge in [-0.3, -0.25) is 43.2 Å². The summed E-state index contributed by atoms with van der Waals surface area (Å²) in [6, 6.07) is -1.76. The Kier molecular flexibility index (Phi) is 24.9. The fraction of sp³-hybridized carbons (Fsp3) is 0.724. The van der Waals surface area contributed by atoms with Gasteiger partial charge in [0, 0.05) is 40.7 Å². The van der Waals surface area contributed by atoms with Crippen LogP contribution in [0.1, 0.15) is 133 Å². The topological polar surface area (TPSA) is 277 Å². The van der Waals surface area contributed by atoms with E-state index in [4.69, 9.17) is 18.9 Å². The first-order valence-corrected chi connectivity index (χ1v) is 28.4. The number of amides is 7. The number of fused-ring (bicyclic) bond motifs is 1. The van der Waals surface area contributed by atoms with Crippen LogP contribution in [0.2, 0.25) is 0 Å². The molecule has 3 heterocycles. The predicted octanol–water partition coefficient (Wildman–Crippen LogP) is 2.97. The molecular weight excluding hydrogens is 1030 g/mol. The Morgan fingerprint density at radius 2 is 1.49 bits per heavy atom. The number of ether oxygens (including phenoxy) is 4. The molecule has 0 spiro atoms. The maximum atomic E-state index is 15.2. The first kappa shape index (κ1) is 66.4. The maximum Gasteiger partial charge on any atom is 0.329 e. The Bertz CT molecular complexity index is 2350. The lowest BCUT2D eigenvalue weighted by Crippen LogP contribution is -2.62. The minimum atomic E-state index is -1.71. The lowest BCUT2D eigenvalue weighted by molar-refractivity contribution is -0.163. The van der Waals surface area contributed by atoms with Crippen LogP contribution < -0.4 is 20.7 Å². The standard InChI is InChI=1S/C58H91N7O15/c1-16-34(8)47-45(78-15)30-46(67)80-50(33(6)7)49(68)35(9)51(69)59-40(27-31(2)3)55(73)65-26-18-20-42(65)57(75)63(13)44(29-38-21-23-39(77-14)24-22-38)58(76)79-37(11)48(53(71)60-47)61-52(70)43(28-32(4)5)62(12)56(74)41-19-17-25-64(41)54(72)36(10)66/h21-24,31-37,40-45,47-48,50,66H,16-20,25-30H2,1-15H3,(H,59,69)(H,60,71)(H,61,70)/t34-,35-,36-,37+,40-,41-,42-,43+,44-,45+,47-,48-,50-/m0/s1. The van der Waals surface area contributed by atoms with Gasteiger partial charge in [-0.05, 0) is 101 Å². The van der Waals surface area contributed by atoms with Crippen molar-refractivity contribution < 1.29 is 72.0 Å². The smallest absolute Gasteiger partial charge is 0.329 e. The van der Waals surface area contributed by atoms with Crippen LogP contribution in [0.4, 0.5) is 0 Å². The Hall–Kier alpha value is -6.16. The molecule has 0 radical (unpaired) electrons. The number of rotatable bonds is 16. The molecule has 7 amide bonds. The van der Waals surface area contributed by atoms with E-state index in [2.05, 4.69) is 16.0 Å². The fourth-order valence-corrected chi connectivity index (χ4v) is 10.7. The van der Waals surface area contributed by atoms with Gasteiger partial charge in [-0.15, -0.1) is 0 Å². The number of ketones is 1. The average Bonchev–Trinajstić information content (AvgIpc) is 4.19. The minimum Gasteiger partial charge on any atom is -0.497 e. The molecule has 0 aromatic heterocycles. The molecule has 4 N–H and O–H groups in total. The molecular formula is C58H91N7O15. The summed E-state index contributed by atoms with van der Waals surface area (Å²) >= 11 is 0. The van der Waals surface area contributed by atoms with Crippen molar-refractivity contribution in [3.8, 4) is 5.75 Å². The van der Waals surface area contributed by atoms with Gasteiger partial charge in [-0.25, -0.2) is 4.79 Å². The van der Waals surface area contributed by atoms with Gasteiger partial charge in [0.1, 0.15) is 54.2 Å². The molecule has 3 aliphatic heterocycles. The van der Waals surface area contributed by atoms with Crippen molar-refractivity contribution >= 4 is 59.1 Å². The van der Waals surface area contributed by atoms with Crippen molar-refractivity contribution in [2.75, 3.05) is 41.4 Å². The van der Waals surface area contributed by atoms with Gasteiger partial charge in [-0.1, -0.05) is 73.9 Å². The number of esters is 2. The Morgan fingerprint density at radius 3 is 2.05 bits per heavy atom. The Morgan fingerprint density at radius 1 is 0.850 bits per heavy atom. The molecule has 0 aliphatic carbocycles. The van der Waals surface area contributed by atoms with E-state index in [-0.39, 0.29) is 57.0 Å². The number of likely N-dealkylation sites (tertiary alicyclic amines) is 1. The highest BCUT2D eigenvalue weighted by molar-refractivity contribution is 6.05. The van der Waals surface area contributed by atoms with Crippen LogP contribution in [0.25, 0.3) is 0 Å². The predicted molar refractivity (Wildman–Crippen MR) is 295 cm³/mol. The van der Waals surface area contributed by atoms with Crippen LogP contribution in [-0.4, -0.2) is 192 Å². The largest absolute Gasteiger partial charge is 0.497 e. The molecule has 80 heavy (non-hydrogen) atoms. The number of carbonyl (C=O) groups is 10. The minimum absolute atomic E-state index is 0.0929. The summed E-state index contributed by atoms with van der Waals surface area (Å²) in [5, 5.41) is 18.7. The lowest BCUT2D eigenvalue weighted by atomic mass is 9.91. The molecule has 0 saturated carbocycles. The number of benzene rings is 1. The van der Waals surface area contributed by atoms with Gasteiger partial charge >= 0.3 is 11.9 Å². The number of methoxy groups -OCH3 is 2. The molecule has 448 valence electrons. The first-order chi connectivity index (χ1) is 37.6. The highest BCUT2D eigenvalue weighted by atomic mass is 16.6. The van der Waals surface area contributed by atoms with Crippen molar-refractivity contribution in [3.63, 3.8) is 0 Å². The molecule has 22 heteroatoms. The van der Waals surface area contributed by atoms with Gasteiger partial charge in [0.2, 0.25) is 35.4 Å². The summed E-state index contributed by atoms with van der Waals surface area (Å²) in [5.41, 5.74) is 0.586. The number of cyclic esters (lactones) is 2. The zero-order chi connectivity index (χ0) is 60.0. The lowest BCUT2D eigenvalue weighted by Gasteiger charge is -2.37. The third-order valence-electron chi connectivity index (χ3n) is 15.8. The molecule has 3 fully saturated rings. The van der Waals surface area contributed by atoms with Gasteiger partial charge in [0.05, 0.1) is 31.6 Å². The first-order valence-electron chi connectivity index (χ1n) is 28.4. The number of carbonyl (C=O) groups excluding carboxylic acids is 10. The number of aliphatic hydroxyl groups excluding tert-OH is 1. The highest BCUT2D eigenvalue weighted by Crippen LogP contribution is 2.28. The number of likely N-dealkylation sites (N-methyl/N-ethyl adjacent to an activating group) is 2. The van der Waals surface area contributed by atoms with E-state index in [0.717, 1.165) is 0 Å². The van der Waals surface area contributed by atoms with Crippen molar-refractivity contribution in [1.29, 1.82) is 0 Å². The Balaban J connectivity index is 1.91. The van der Waals surface area contributed by atoms with Crippen LogP contribution in [0.5, 0.6) is 5.75 Å². The van der Waals surface area contributed by atoms with Crippen LogP contribution in [0, 0.1) is 29.6 Å². The summed E-state index contributed by atoms with van der Waals surface area (Å²) in [6.45, 7) is 18.8. The second kappa shape index (κ2) is 30.1. The zero-order valence-corrected chi connectivity index (χ0v) is 49.8. The maximum absolute atomic E-state index is 15.2. The summed E-state index contributed by atoms with van der Waals surface area (Å²) in [4.78, 5) is 149. The molecule has 3 aliphatic rings. The highest BCUT2D eigenvalue weighted by Gasteiger charge is 2.46. The second-order valence-corrected chi connectivity index (χ2v) is 23.2. The monoisotopic (exact) mass is 1130 g/mol. The number of nitrogens with one attached hydrogen (secondary N) is 3. The van der Waals surface area contributed by atoms with Gasteiger partial charge in [0.15, 0.2) is 11.9 Å². The van der Waals surface area contributed by atoms with E-state index in [1.165, 1.54) is 68.7 Å². The van der Waals surface area contributed by atoms with E-state index in [9.17, 15) is 43.5 Å². The van der Waals surface area contributed by atoms with Crippen LogP contribution in [0.3, 0.4) is 0 Å². The molecule has 1 aromatic carbocycles. The Labute approximate surface area is 472 Å². The molecule has 13 atom stereocenters. The number of Topliss-reactive ketones (excluding diaryl/α,β-unsaturated/α-hetero) is 1. The number of hydrogen-bond donors (Lipinski definition) is 4. The quantitative estimate of drug-likeness (QED) is 0.137. The molecule has 1 aromatic rings. The van der Waals surface area contributed by atoms with Crippen molar-refractivity contribution in [2.45, 2.75) is 201 Å². The zero-order valence-electron chi connectivity index (χ0n) is 49.8. The van der Waals surface area contributed by atoms with Crippen LogP contribution in [-0.2, 0) is 68.6 Å². The van der Waals surface area contributed by atoms with Crippen LogP contribution in [0.15, 0.2) is 24.3 Å². The van der Waals surface area contributed by atoms with Crippen molar-refractivity contribution in [1.82, 2.24) is 35.6 Å². The SMILES string of the molecule is CC[C@H](C)[C@@H]1NC(=O)[C@@H](NC(=O)[C@@H](CC(C)C)N(C)C(=O)[C@@H]2CCCN2C(=O)[C@H](C)O)[C@@H](C)OC(=O)[C@H](Cc2ccc(OC)cc2)N(C)C(=O)[C@@H]2CCCN2C(=O)[C@H](CC(C)C)NC(=O)[C@@H](C)C(=O)[C@H](C(C)C)OC(=O)C[C@H]1OC. The number of nitrogens with zero attached hydrogens (tertiary/aromatic N) is 4. The second-order valence-electron chi connectivity index (χ2n) is 23.2. The number of aliphatic hydroxyl groups is 1. The van der Waals surface area contributed by atoms with E-state index >= 15 is 9.59 Å². The third kappa shape index (κ3) is 17.0. The molecule has 0 unspecified atom stereocenters. The van der Waals surface area contributed by atoms with Crippen molar-refractivity contribution in [2.24, 2.45) is 29.6 Å². The molecule has 22 nitrogen and oxygen atoms in total. The molecule has 4 rings (SSSR count). The van der Waals surface area contributed by atoms with Gasteiger partial charge < -0.3 is 59.6 Å². The molecule has 0 bridgehead atoms. The van der Waals surface area contributed by atoms with E-state index < -0.39 is 150 Å². The van der Waals surface area contributed by atoms with E-state index in [1.807, 2.05) is 34.6 Å². The summed E-state index contributed by atoms with van der Waals surface area (Å²) in [7, 11) is 5.67. The van der Waals surface area contributed by atoms with Crippen molar-refractivity contribution in [3.05, 3.63) is 29.8 Å². The van der Waals surface area contributed by atoms with E-state index in [0.29, 0.717) is 30.6 Å². The third-order valence-corrected chi connectivity index (χ3v) is 15.8. The van der Waals surface area contributed by atoms with Gasteiger partial charge in [-0.2, -0.15) is 0 Å². The summed E-state index contributed by atoms with van der Waals surface area (Å²) in [5.74, 6) is -9.60. The summed E-state index contributed by atoms with van der Waals surface area (Å²) < 4.78 is 23.3.